The molecule has 3 rings (SSSR count). The average Bonchev–Trinajstić information content (AvgIpc) is 2.75. The molecule has 2 aromatic carbocycles. The van der Waals surface area contributed by atoms with Crippen molar-refractivity contribution in [2.24, 2.45) is 0 Å². The molecule has 18 heavy (non-hydrogen) atoms. The predicted octanol–water partition coefficient (Wildman–Crippen LogP) is 5.80. The monoisotopic (exact) mass is 295 g/mol. The second kappa shape index (κ2) is 4.51. The number of aromatic nitrogens is 1. The fourth-order valence-corrected chi connectivity index (χ4v) is 2.39. The Balaban J connectivity index is 2.16. The summed E-state index contributed by atoms with van der Waals surface area (Å²) in [5.41, 5.74) is 2.99. The summed E-state index contributed by atoms with van der Waals surface area (Å²) in [4.78, 5) is 3.31. The molecule has 0 amide bonds. The molecule has 0 atom stereocenters. The summed E-state index contributed by atoms with van der Waals surface area (Å²) < 4.78 is 0. The van der Waals surface area contributed by atoms with E-state index in [-0.39, 0.29) is 0 Å². The molecule has 0 radical (unpaired) electrons. The first-order chi connectivity index (χ1) is 8.63. The van der Waals surface area contributed by atoms with Crippen molar-refractivity contribution in [2.45, 2.75) is 0 Å². The first kappa shape index (κ1) is 11.9. The van der Waals surface area contributed by atoms with Gasteiger partial charge < -0.3 is 4.98 Å². The second-order valence-corrected chi connectivity index (χ2v) is 5.29. The van der Waals surface area contributed by atoms with Crippen molar-refractivity contribution >= 4 is 45.7 Å². The van der Waals surface area contributed by atoms with Crippen molar-refractivity contribution in [2.75, 3.05) is 0 Å². The summed E-state index contributed by atoms with van der Waals surface area (Å²) in [6, 6.07) is 13.4. The van der Waals surface area contributed by atoms with Crippen LogP contribution in [0.4, 0.5) is 0 Å². The fourth-order valence-electron chi connectivity index (χ4n) is 1.92. The van der Waals surface area contributed by atoms with Crippen molar-refractivity contribution in [3.8, 4) is 11.3 Å². The van der Waals surface area contributed by atoms with Crippen molar-refractivity contribution in [1.29, 1.82) is 0 Å². The Morgan fingerprint density at radius 1 is 0.778 bits per heavy atom. The van der Waals surface area contributed by atoms with Gasteiger partial charge in [0, 0.05) is 21.6 Å². The lowest BCUT2D eigenvalue weighted by atomic mass is 10.1. The number of halogens is 3. The van der Waals surface area contributed by atoms with Crippen molar-refractivity contribution < 1.29 is 0 Å². The fraction of sp³-hybridized carbons (Fsp3) is 0. The maximum absolute atomic E-state index is 6.02. The lowest BCUT2D eigenvalue weighted by Crippen LogP contribution is -1.77. The molecule has 0 aliphatic rings. The van der Waals surface area contributed by atoms with Crippen LogP contribution in [0, 0.1) is 0 Å². The molecular formula is C14H8Cl3N. The van der Waals surface area contributed by atoms with Gasteiger partial charge in [-0.1, -0.05) is 46.9 Å². The van der Waals surface area contributed by atoms with Crippen LogP contribution in [0.15, 0.2) is 42.5 Å². The molecule has 1 heterocycles. The number of hydrogen-bond acceptors (Lipinski definition) is 0. The Kier molecular flexibility index (Phi) is 2.98. The van der Waals surface area contributed by atoms with E-state index in [1.807, 2.05) is 30.3 Å². The first-order valence-electron chi connectivity index (χ1n) is 5.37. The number of benzene rings is 2. The Labute approximate surface area is 119 Å². The molecule has 0 aliphatic heterocycles. The van der Waals surface area contributed by atoms with Crippen LogP contribution in [0.2, 0.25) is 15.1 Å². The molecule has 0 unspecified atom stereocenters. The summed E-state index contributed by atoms with van der Waals surface area (Å²) in [6.07, 6.45) is 0. The number of H-pyrrole nitrogens is 1. The minimum Gasteiger partial charge on any atom is -0.354 e. The number of hydrogen-bond donors (Lipinski definition) is 1. The summed E-state index contributed by atoms with van der Waals surface area (Å²) in [7, 11) is 0. The standard InChI is InChI=1S/C14H8Cl3N/c15-10-3-1-9-6-13(18-14(9)7-10)8-2-4-11(16)12(17)5-8/h1-7,18H. The smallest absolute Gasteiger partial charge is 0.0599 e. The van der Waals surface area contributed by atoms with E-state index in [1.165, 1.54) is 0 Å². The van der Waals surface area contributed by atoms with Gasteiger partial charge in [0.25, 0.3) is 0 Å². The van der Waals surface area contributed by atoms with Gasteiger partial charge in [-0.05, 0) is 35.9 Å². The Morgan fingerprint density at radius 3 is 2.39 bits per heavy atom. The van der Waals surface area contributed by atoms with E-state index in [0.717, 1.165) is 22.2 Å². The quantitative estimate of drug-likeness (QED) is 0.584. The number of rotatable bonds is 1. The zero-order valence-electron chi connectivity index (χ0n) is 9.18. The second-order valence-electron chi connectivity index (χ2n) is 4.04. The Hall–Kier alpha value is -1.15. The molecule has 1 nitrogen and oxygen atoms in total. The molecule has 0 spiro atoms. The van der Waals surface area contributed by atoms with Gasteiger partial charge in [-0.25, -0.2) is 0 Å². The van der Waals surface area contributed by atoms with Crippen LogP contribution in [0.3, 0.4) is 0 Å². The molecule has 1 N–H and O–H groups in total. The van der Waals surface area contributed by atoms with Gasteiger partial charge in [0.1, 0.15) is 0 Å². The largest absolute Gasteiger partial charge is 0.354 e. The van der Waals surface area contributed by atoms with Crippen LogP contribution in [0.5, 0.6) is 0 Å². The third-order valence-corrected chi connectivity index (χ3v) is 3.79. The molecule has 0 saturated heterocycles. The van der Waals surface area contributed by atoms with E-state index in [9.17, 15) is 0 Å². The molecule has 4 heteroatoms. The van der Waals surface area contributed by atoms with Gasteiger partial charge in [-0.2, -0.15) is 0 Å². The summed E-state index contributed by atoms with van der Waals surface area (Å²) >= 11 is 17.9. The van der Waals surface area contributed by atoms with Gasteiger partial charge in [0.2, 0.25) is 0 Å². The summed E-state index contributed by atoms with van der Waals surface area (Å²) in [5, 5.41) is 2.93. The number of fused-ring (bicyclic) bond motifs is 1. The first-order valence-corrected chi connectivity index (χ1v) is 6.50. The zero-order chi connectivity index (χ0) is 12.7. The highest BCUT2D eigenvalue weighted by Gasteiger charge is 2.06. The highest BCUT2D eigenvalue weighted by Crippen LogP contribution is 2.30. The summed E-state index contributed by atoms with van der Waals surface area (Å²) in [5.74, 6) is 0. The maximum atomic E-state index is 6.02. The Morgan fingerprint density at radius 2 is 1.61 bits per heavy atom. The van der Waals surface area contributed by atoms with Gasteiger partial charge in [-0.3, -0.25) is 0 Å². The van der Waals surface area contributed by atoms with E-state index in [2.05, 4.69) is 11.1 Å². The van der Waals surface area contributed by atoms with Gasteiger partial charge in [0.05, 0.1) is 10.0 Å². The van der Waals surface area contributed by atoms with Gasteiger partial charge >= 0.3 is 0 Å². The van der Waals surface area contributed by atoms with Gasteiger partial charge in [0.15, 0.2) is 0 Å². The number of aromatic amines is 1. The van der Waals surface area contributed by atoms with E-state index in [4.69, 9.17) is 34.8 Å². The lowest BCUT2D eigenvalue weighted by molar-refractivity contribution is 1.45. The molecule has 3 aromatic rings. The van der Waals surface area contributed by atoms with Crippen molar-refractivity contribution in [3.05, 3.63) is 57.5 Å². The maximum Gasteiger partial charge on any atom is 0.0599 e. The molecule has 0 aliphatic carbocycles. The molecule has 1 aromatic heterocycles. The highest BCUT2D eigenvalue weighted by atomic mass is 35.5. The minimum absolute atomic E-state index is 0.547. The lowest BCUT2D eigenvalue weighted by Gasteiger charge is -2.00. The van der Waals surface area contributed by atoms with Crippen LogP contribution in [0.1, 0.15) is 0 Å². The third-order valence-electron chi connectivity index (χ3n) is 2.82. The normalized spacial score (nSPS) is 11.1. The van der Waals surface area contributed by atoms with Crippen LogP contribution >= 0.6 is 34.8 Å². The topological polar surface area (TPSA) is 15.8 Å². The molecule has 0 saturated carbocycles. The SMILES string of the molecule is Clc1ccc2cc(-c3ccc(Cl)c(Cl)c3)[nH]c2c1. The molecular weight excluding hydrogens is 289 g/mol. The highest BCUT2D eigenvalue weighted by molar-refractivity contribution is 6.42. The van der Waals surface area contributed by atoms with Crippen molar-refractivity contribution in [1.82, 2.24) is 4.98 Å². The number of nitrogens with one attached hydrogen (secondary N) is 1. The zero-order valence-corrected chi connectivity index (χ0v) is 11.4. The van der Waals surface area contributed by atoms with Crippen molar-refractivity contribution in [3.63, 3.8) is 0 Å². The van der Waals surface area contributed by atoms with Crippen LogP contribution in [0.25, 0.3) is 22.2 Å². The van der Waals surface area contributed by atoms with Crippen LogP contribution in [-0.4, -0.2) is 4.98 Å². The van der Waals surface area contributed by atoms with E-state index >= 15 is 0 Å². The third kappa shape index (κ3) is 2.10. The Bertz CT molecular complexity index is 731. The molecule has 90 valence electrons. The minimum atomic E-state index is 0.547. The van der Waals surface area contributed by atoms with E-state index in [0.29, 0.717) is 15.1 Å². The van der Waals surface area contributed by atoms with Gasteiger partial charge in [-0.15, -0.1) is 0 Å². The van der Waals surface area contributed by atoms with E-state index in [1.54, 1.807) is 6.07 Å². The summed E-state index contributed by atoms with van der Waals surface area (Å²) in [6.45, 7) is 0. The predicted molar refractivity (Wildman–Crippen MR) is 78.8 cm³/mol. The molecule has 0 fully saturated rings. The average molecular weight is 297 g/mol. The molecule has 0 bridgehead atoms. The van der Waals surface area contributed by atoms with Crippen LogP contribution < -0.4 is 0 Å². The van der Waals surface area contributed by atoms with E-state index < -0.39 is 0 Å². The van der Waals surface area contributed by atoms with Crippen LogP contribution in [-0.2, 0) is 0 Å².